The summed E-state index contributed by atoms with van der Waals surface area (Å²) in [5.41, 5.74) is -0.457. The van der Waals surface area contributed by atoms with Crippen molar-refractivity contribution in [2.45, 2.75) is 6.43 Å². The summed E-state index contributed by atoms with van der Waals surface area (Å²) in [4.78, 5) is 3.79. The van der Waals surface area contributed by atoms with Crippen LogP contribution in [0.1, 0.15) is 17.7 Å². The molecule has 0 aliphatic heterocycles. The highest BCUT2D eigenvalue weighted by Gasteiger charge is 2.23. The zero-order valence-electron chi connectivity index (χ0n) is 8.31. The smallest absolute Gasteiger partial charge is 0.265 e. The largest absolute Gasteiger partial charge is 0.283 e. The molecule has 2 heterocycles. The number of alkyl halides is 2. The first-order valence-corrected chi connectivity index (χ1v) is 4.90. The molecule has 0 aromatic carbocycles. The van der Waals surface area contributed by atoms with Crippen molar-refractivity contribution in [2.24, 2.45) is 0 Å². The molecule has 0 aliphatic carbocycles. The number of nitrogens with zero attached hydrogens (tertiary/aromatic N) is 4. The highest BCUT2D eigenvalue weighted by molar-refractivity contribution is 6.31. The Morgan fingerprint density at radius 1 is 1.35 bits per heavy atom. The van der Waals surface area contributed by atoms with Gasteiger partial charge < -0.3 is 0 Å². The summed E-state index contributed by atoms with van der Waals surface area (Å²) in [6.07, 6.45) is 0.105. The van der Waals surface area contributed by atoms with Crippen LogP contribution in [0.25, 0.3) is 5.69 Å². The molecule has 2 aromatic rings. The van der Waals surface area contributed by atoms with Crippen LogP contribution in [0.4, 0.5) is 8.78 Å². The Morgan fingerprint density at radius 2 is 2.00 bits per heavy atom. The quantitative estimate of drug-likeness (QED) is 0.828. The van der Waals surface area contributed by atoms with E-state index in [1.165, 1.54) is 12.4 Å². The van der Waals surface area contributed by atoms with E-state index in [1.807, 2.05) is 0 Å². The van der Waals surface area contributed by atoms with Crippen LogP contribution in [0.3, 0.4) is 0 Å². The molecule has 0 unspecified atom stereocenters. The van der Waals surface area contributed by atoms with E-state index in [0.29, 0.717) is 5.69 Å². The second kappa shape index (κ2) is 4.47. The van der Waals surface area contributed by atoms with Gasteiger partial charge in [0.05, 0.1) is 5.69 Å². The average molecular weight is 255 g/mol. The van der Waals surface area contributed by atoms with Crippen LogP contribution >= 0.6 is 11.6 Å². The van der Waals surface area contributed by atoms with Crippen molar-refractivity contribution in [3.63, 3.8) is 0 Å². The molecule has 0 saturated carbocycles. The van der Waals surface area contributed by atoms with Crippen molar-refractivity contribution in [1.29, 1.82) is 5.26 Å². The third-order valence-electron chi connectivity index (χ3n) is 2.08. The lowest BCUT2D eigenvalue weighted by atomic mass is 10.3. The molecule has 0 amide bonds. The second-order valence-electron chi connectivity index (χ2n) is 3.08. The van der Waals surface area contributed by atoms with Gasteiger partial charge in [0, 0.05) is 12.4 Å². The molecule has 7 heteroatoms. The maximum Gasteiger partial charge on any atom is 0.283 e. The zero-order chi connectivity index (χ0) is 12.4. The van der Waals surface area contributed by atoms with E-state index in [-0.39, 0.29) is 10.7 Å². The summed E-state index contributed by atoms with van der Waals surface area (Å²) in [7, 11) is 0. The van der Waals surface area contributed by atoms with Crippen LogP contribution in [0.5, 0.6) is 0 Å². The standard InChI is InChI=1S/C10H5ClF2N4/c11-9-7(5-14)8(10(12)13)16-17(9)6-1-3-15-4-2-6/h1-4,10H. The maximum atomic E-state index is 12.6. The van der Waals surface area contributed by atoms with Crippen molar-refractivity contribution < 1.29 is 8.78 Å². The van der Waals surface area contributed by atoms with Crippen LogP contribution in [0.2, 0.25) is 5.15 Å². The van der Waals surface area contributed by atoms with Crippen LogP contribution in [0.15, 0.2) is 24.5 Å². The highest BCUT2D eigenvalue weighted by atomic mass is 35.5. The Morgan fingerprint density at radius 3 is 2.47 bits per heavy atom. The number of hydrogen-bond acceptors (Lipinski definition) is 3. The summed E-state index contributed by atoms with van der Waals surface area (Å²) in [5, 5.41) is 12.3. The van der Waals surface area contributed by atoms with Crippen molar-refractivity contribution in [3.8, 4) is 11.8 Å². The molecule has 2 rings (SSSR count). The van der Waals surface area contributed by atoms with Gasteiger partial charge in [0.15, 0.2) is 5.15 Å². The van der Waals surface area contributed by atoms with Crippen molar-refractivity contribution >= 4 is 11.6 Å². The summed E-state index contributed by atoms with van der Waals surface area (Å²) >= 11 is 5.83. The number of hydrogen-bond donors (Lipinski definition) is 0. The second-order valence-corrected chi connectivity index (χ2v) is 3.44. The minimum atomic E-state index is -2.84. The summed E-state index contributed by atoms with van der Waals surface area (Å²) in [6.45, 7) is 0. The molecule has 4 nitrogen and oxygen atoms in total. The van der Waals surface area contributed by atoms with E-state index >= 15 is 0 Å². The summed E-state index contributed by atoms with van der Waals surface area (Å²) < 4.78 is 26.3. The first kappa shape index (κ1) is 11.5. The van der Waals surface area contributed by atoms with Crippen LogP contribution < -0.4 is 0 Å². The monoisotopic (exact) mass is 254 g/mol. The maximum absolute atomic E-state index is 12.6. The topological polar surface area (TPSA) is 54.5 Å². The molecule has 0 spiro atoms. The molecule has 0 radical (unpaired) electrons. The predicted molar refractivity (Wildman–Crippen MR) is 56.0 cm³/mol. The Bertz CT molecular complexity index is 574. The number of nitriles is 1. The van der Waals surface area contributed by atoms with Crippen LogP contribution in [0, 0.1) is 11.3 Å². The van der Waals surface area contributed by atoms with Crippen LogP contribution in [-0.4, -0.2) is 14.8 Å². The van der Waals surface area contributed by atoms with Gasteiger partial charge in [-0.2, -0.15) is 10.4 Å². The molecular formula is C10H5ClF2N4. The highest BCUT2D eigenvalue weighted by Crippen LogP contribution is 2.28. The fourth-order valence-electron chi connectivity index (χ4n) is 1.33. The summed E-state index contributed by atoms with van der Waals surface area (Å²) in [5.74, 6) is 0. The van der Waals surface area contributed by atoms with Gasteiger partial charge in [-0.15, -0.1) is 0 Å². The Labute approximate surface area is 100 Å². The number of aromatic nitrogens is 3. The lowest BCUT2D eigenvalue weighted by Crippen LogP contribution is -1.97. The molecule has 0 atom stereocenters. The number of pyridine rings is 1. The molecule has 0 N–H and O–H groups in total. The van der Waals surface area contributed by atoms with Gasteiger partial charge in [0.2, 0.25) is 0 Å². The van der Waals surface area contributed by atoms with Crippen LogP contribution in [-0.2, 0) is 0 Å². The van der Waals surface area contributed by atoms with Crippen molar-refractivity contribution in [2.75, 3.05) is 0 Å². The van der Waals surface area contributed by atoms with Gasteiger partial charge in [-0.1, -0.05) is 11.6 Å². The minimum absolute atomic E-state index is 0.131. The molecule has 0 fully saturated rings. The third-order valence-corrected chi connectivity index (χ3v) is 2.43. The normalized spacial score (nSPS) is 10.5. The zero-order valence-corrected chi connectivity index (χ0v) is 9.07. The lowest BCUT2D eigenvalue weighted by molar-refractivity contribution is 0.145. The van der Waals surface area contributed by atoms with E-state index in [9.17, 15) is 8.78 Å². The first-order chi connectivity index (χ1) is 8.15. The molecule has 0 bridgehead atoms. The minimum Gasteiger partial charge on any atom is -0.265 e. The Kier molecular flexibility index (Phi) is 3.02. The van der Waals surface area contributed by atoms with E-state index in [1.54, 1.807) is 18.2 Å². The van der Waals surface area contributed by atoms with E-state index in [2.05, 4.69) is 10.1 Å². The van der Waals surface area contributed by atoms with Gasteiger partial charge in [-0.3, -0.25) is 4.98 Å². The van der Waals surface area contributed by atoms with Gasteiger partial charge in [0.1, 0.15) is 17.3 Å². The van der Waals surface area contributed by atoms with Gasteiger partial charge in [-0.25, -0.2) is 13.5 Å². The predicted octanol–water partition coefficient (Wildman–Crippen LogP) is 2.73. The molecule has 17 heavy (non-hydrogen) atoms. The number of halogens is 3. The van der Waals surface area contributed by atoms with Crippen molar-refractivity contribution in [1.82, 2.24) is 14.8 Å². The summed E-state index contributed by atoms with van der Waals surface area (Å²) in [6, 6.07) is 4.73. The Hall–Kier alpha value is -2.00. The number of rotatable bonds is 2. The molecule has 0 aliphatic rings. The third kappa shape index (κ3) is 1.97. The van der Waals surface area contributed by atoms with Crippen molar-refractivity contribution in [3.05, 3.63) is 40.9 Å². The first-order valence-electron chi connectivity index (χ1n) is 4.52. The average Bonchev–Trinajstić information content (AvgIpc) is 2.67. The van der Waals surface area contributed by atoms with E-state index < -0.39 is 12.1 Å². The van der Waals surface area contributed by atoms with Gasteiger partial charge in [-0.05, 0) is 12.1 Å². The fraction of sp³-hybridized carbons (Fsp3) is 0.100. The van der Waals surface area contributed by atoms with E-state index in [0.717, 1.165) is 4.68 Å². The van der Waals surface area contributed by atoms with Gasteiger partial charge >= 0.3 is 0 Å². The SMILES string of the molecule is N#Cc1c(C(F)F)nn(-c2ccncc2)c1Cl. The van der Waals surface area contributed by atoms with Gasteiger partial charge in [0.25, 0.3) is 6.43 Å². The molecule has 86 valence electrons. The molecular weight excluding hydrogens is 250 g/mol. The molecule has 0 saturated heterocycles. The molecule has 2 aromatic heterocycles. The Balaban J connectivity index is 2.62. The lowest BCUT2D eigenvalue weighted by Gasteiger charge is -2.00. The van der Waals surface area contributed by atoms with E-state index in [4.69, 9.17) is 16.9 Å². The fourth-order valence-corrected chi connectivity index (χ4v) is 1.60.